The van der Waals surface area contributed by atoms with E-state index in [0.717, 1.165) is 17.5 Å². The molecular weight excluding hydrogens is 279 g/mol. The maximum Gasteiger partial charge on any atom is 0.262 e. The van der Waals surface area contributed by atoms with Crippen molar-refractivity contribution in [2.75, 3.05) is 0 Å². The summed E-state index contributed by atoms with van der Waals surface area (Å²) in [5, 5.41) is 0.828. The molecule has 0 aromatic heterocycles. The molecule has 0 aliphatic rings. The van der Waals surface area contributed by atoms with Crippen LogP contribution in [0.4, 0.5) is 0 Å². The van der Waals surface area contributed by atoms with Crippen LogP contribution >= 0.6 is 8.38 Å². The summed E-state index contributed by atoms with van der Waals surface area (Å²) < 4.78 is 5.92. The van der Waals surface area contributed by atoms with Crippen molar-refractivity contribution in [1.82, 2.24) is 0 Å². The predicted octanol–water partition coefficient (Wildman–Crippen LogP) is 4.56. The van der Waals surface area contributed by atoms with Crippen LogP contribution in [0.5, 0.6) is 5.75 Å². The van der Waals surface area contributed by atoms with Gasteiger partial charge in [0.25, 0.3) is 8.38 Å². The molecule has 21 heavy (non-hydrogen) atoms. The summed E-state index contributed by atoms with van der Waals surface area (Å²) in [5.41, 5.74) is 2.44. The van der Waals surface area contributed by atoms with Crippen molar-refractivity contribution >= 4 is 13.7 Å². The molecule has 3 heteroatoms. The molecule has 2 nitrogen and oxygen atoms in total. The van der Waals surface area contributed by atoms with Crippen molar-refractivity contribution in [2.24, 2.45) is 0 Å². The molecular formula is C18H23O2P. The Balaban J connectivity index is 2.36. The Morgan fingerprint density at radius 3 is 2.24 bits per heavy atom. The number of rotatable bonds is 4. The Morgan fingerprint density at radius 1 is 1.00 bits per heavy atom. The maximum absolute atomic E-state index is 10.4. The Hall–Kier alpha value is -1.37. The molecule has 1 atom stereocenters. The third-order valence-corrected chi connectivity index (χ3v) is 4.51. The molecule has 0 amide bonds. The molecule has 0 aliphatic heterocycles. The molecule has 0 saturated heterocycles. The van der Waals surface area contributed by atoms with Gasteiger partial charge in [-0.25, -0.2) is 0 Å². The average Bonchev–Trinajstić information content (AvgIpc) is 2.46. The van der Waals surface area contributed by atoms with E-state index in [1.54, 1.807) is 0 Å². The van der Waals surface area contributed by atoms with E-state index in [2.05, 4.69) is 33.8 Å². The minimum Gasteiger partial charge on any atom is -0.444 e. The quantitative estimate of drug-likeness (QED) is 0.839. The van der Waals surface area contributed by atoms with Gasteiger partial charge in [-0.05, 0) is 35.6 Å². The molecule has 0 fully saturated rings. The van der Waals surface area contributed by atoms with E-state index in [-0.39, 0.29) is 5.41 Å². The van der Waals surface area contributed by atoms with Gasteiger partial charge in [0.2, 0.25) is 0 Å². The number of benzene rings is 2. The predicted molar refractivity (Wildman–Crippen MR) is 90.4 cm³/mol. The average molecular weight is 302 g/mol. The van der Waals surface area contributed by atoms with Crippen LogP contribution in [0.15, 0.2) is 48.5 Å². The summed E-state index contributed by atoms with van der Waals surface area (Å²) in [7, 11) is -1.63. The van der Waals surface area contributed by atoms with Crippen molar-refractivity contribution in [3.8, 4) is 5.75 Å². The fraction of sp³-hybridized carbons (Fsp3) is 0.333. The van der Waals surface area contributed by atoms with Gasteiger partial charge in [-0.2, -0.15) is 0 Å². The third-order valence-electron chi connectivity index (χ3n) is 3.41. The summed E-state index contributed by atoms with van der Waals surface area (Å²) in [5.74, 6) is 0.791. The minimum absolute atomic E-state index is 0.0190. The highest BCUT2D eigenvalue weighted by molar-refractivity contribution is 7.55. The summed E-state index contributed by atoms with van der Waals surface area (Å²) in [6, 6.07) is 15.6. The molecule has 112 valence electrons. The Bertz CT molecular complexity index is 588. The minimum atomic E-state index is -1.63. The second-order valence-electron chi connectivity index (χ2n) is 6.09. The van der Waals surface area contributed by atoms with Crippen molar-refractivity contribution in [3.63, 3.8) is 0 Å². The van der Waals surface area contributed by atoms with Gasteiger partial charge in [-0.1, -0.05) is 58.0 Å². The van der Waals surface area contributed by atoms with Gasteiger partial charge in [0.05, 0.1) is 0 Å². The van der Waals surface area contributed by atoms with E-state index in [9.17, 15) is 4.89 Å². The Morgan fingerprint density at radius 2 is 1.67 bits per heavy atom. The van der Waals surface area contributed by atoms with Crippen molar-refractivity contribution < 1.29 is 9.42 Å². The van der Waals surface area contributed by atoms with Crippen LogP contribution in [-0.2, 0) is 11.8 Å². The number of aryl methyl sites for hydroxylation is 1. The van der Waals surface area contributed by atoms with E-state index in [1.807, 2.05) is 42.5 Å². The largest absolute Gasteiger partial charge is 0.444 e. The first-order valence-electron chi connectivity index (χ1n) is 7.28. The molecule has 0 bridgehead atoms. The summed E-state index contributed by atoms with van der Waals surface area (Å²) in [4.78, 5) is 10.4. The molecule has 0 aliphatic carbocycles. The van der Waals surface area contributed by atoms with Crippen LogP contribution in [0.3, 0.4) is 0 Å². The molecule has 0 saturated carbocycles. The second kappa shape index (κ2) is 6.60. The van der Waals surface area contributed by atoms with E-state index in [0.29, 0.717) is 0 Å². The van der Waals surface area contributed by atoms with Gasteiger partial charge in [0.1, 0.15) is 5.75 Å². The molecule has 1 N–H and O–H groups in total. The van der Waals surface area contributed by atoms with Crippen LogP contribution in [0.25, 0.3) is 0 Å². The van der Waals surface area contributed by atoms with E-state index in [1.165, 1.54) is 11.1 Å². The van der Waals surface area contributed by atoms with Crippen LogP contribution in [0.2, 0.25) is 0 Å². The lowest BCUT2D eigenvalue weighted by Gasteiger charge is -2.26. The van der Waals surface area contributed by atoms with Gasteiger partial charge in [0, 0.05) is 10.9 Å². The lowest BCUT2D eigenvalue weighted by molar-refractivity contribution is 0.477. The number of hydrogen-bond acceptors (Lipinski definition) is 2. The van der Waals surface area contributed by atoms with Crippen LogP contribution in [0, 0.1) is 0 Å². The van der Waals surface area contributed by atoms with E-state index >= 15 is 0 Å². The fourth-order valence-electron chi connectivity index (χ4n) is 2.50. The van der Waals surface area contributed by atoms with Crippen molar-refractivity contribution in [2.45, 2.75) is 39.5 Å². The van der Waals surface area contributed by atoms with Gasteiger partial charge in [0.15, 0.2) is 0 Å². The lowest BCUT2D eigenvalue weighted by Crippen LogP contribution is -2.16. The second-order valence-corrected chi connectivity index (χ2v) is 7.34. The van der Waals surface area contributed by atoms with Crippen LogP contribution in [-0.4, -0.2) is 4.89 Å². The highest BCUT2D eigenvalue weighted by atomic mass is 31.2. The molecule has 2 aromatic rings. The zero-order valence-electron chi connectivity index (χ0n) is 13.1. The van der Waals surface area contributed by atoms with E-state index in [4.69, 9.17) is 4.52 Å². The molecule has 0 radical (unpaired) electrons. The summed E-state index contributed by atoms with van der Waals surface area (Å²) in [6.45, 7) is 8.68. The lowest BCUT2D eigenvalue weighted by atomic mass is 9.82. The van der Waals surface area contributed by atoms with Gasteiger partial charge < -0.3 is 9.42 Å². The molecule has 2 aromatic carbocycles. The SMILES string of the molecule is CCc1cccc(OP(O)c2ccccc2)c1C(C)(C)C. The zero-order chi connectivity index (χ0) is 15.5. The highest BCUT2D eigenvalue weighted by Gasteiger charge is 2.24. The monoisotopic (exact) mass is 302 g/mol. The first-order chi connectivity index (χ1) is 9.93. The molecule has 0 heterocycles. The summed E-state index contributed by atoms with van der Waals surface area (Å²) in [6.07, 6.45) is 0.957. The summed E-state index contributed by atoms with van der Waals surface area (Å²) >= 11 is 0. The highest BCUT2D eigenvalue weighted by Crippen LogP contribution is 2.41. The smallest absolute Gasteiger partial charge is 0.262 e. The zero-order valence-corrected chi connectivity index (χ0v) is 14.0. The number of hydrogen-bond donors (Lipinski definition) is 1. The Labute approximate surface area is 128 Å². The fourth-order valence-corrected chi connectivity index (χ4v) is 3.37. The standard InChI is InChI=1S/C18H23O2P/c1-5-14-10-9-13-16(17(14)18(2,3)4)20-21(19)15-11-7-6-8-12-15/h6-13,19H,5H2,1-4H3. The van der Waals surface area contributed by atoms with Gasteiger partial charge >= 0.3 is 0 Å². The molecule has 2 rings (SSSR count). The normalized spacial score (nSPS) is 13.0. The molecule has 0 spiro atoms. The van der Waals surface area contributed by atoms with Crippen LogP contribution in [0.1, 0.15) is 38.8 Å². The first-order valence-corrected chi connectivity index (χ1v) is 8.49. The first kappa shape index (κ1) is 16.0. The Kier molecular flexibility index (Phi) is 5.03. The third kappa shape index (κ3) is 3.84. The molecule has 1 unspecified atom stereocenters. The van der Waals surface area contributed by atoms with Gasteiger partial charge in [-0.3, -0.25) is 0 Å². The van der Waals surface area contributed by atoms with Gasteiger partial charge in [-0.15, -0.1) is 0 Å². The topological polar surface area (TPSA) is 29.5 Å². The van der Waals surface area contributed by atoms with E-state index < -0.39 is 8.38 Å². The van der Waals surface area contributed by atoms with Crippen molar-refractivity contribution in [3.05, 3.63) is 59.7 Å². The maximum atomic E-state index is 10.4. The van der Waals surface area contributed by atoms with Crippen molar-refractivity contribution in [1.29, 1.82) is 0 Å². The van der Waals surface area contributed by atoms with Crippen LogP contribution < -0.4 is 9.83 Å².